The lowest BCUT2D eigenvalue weighted by molar-refractivity contribution is -0.277. The Labute approximate surface area is 190 Å². The highest BCUT2D eigenvalue weighted by atomic mass is 16.7. The van der Waals surface area contributed by atoms with Crippen molar-refractivity contribution < 1.29 is 54.0 Å². The minimum atomic E-state index is -1.70. The molecule has 0 spiro atoms. The summed E-state index contributed by atoms with van der Waals surface area (Å²) in [7, 11) is 0. The zero-order chi connectivity index (χ0) is 24.1. The fourth-order valence-corrected chi connectivity index (χ4v) is 3.93. The zero-order valence-corrected chi connectivity index (χ0v) is 17.3. The predicted octanol–water partition coefficient (Wildman–Crippen LogP) is -0.221. The van der Waals surface area contributed by atoms with Crippen LogP contribution in [0, 0.1) is 0 Å². The molecule has 12 heteroatoms. The third-order valence-corrected chi connectivity index (χ3v) is 5.70. The molecule has 1 saturated heterocycles. The van der Waals surface area contributed by atoms with Crippen molar-refractivity contribution in [2.24, 2.45) is 0 Å². The van der Waals surface area contributed by atoms with Gasteiger partial charge in [0.2, 0.25) is 18.5 Å². The van der Waals surface area contributed by atoms with Crippen LogP contribution in [0.3, 0.4) is 0 Å². The van der Waals surface area contributed by atoms with E-state index in [1.807, 2.05) is 0 Å². The molecule has 180 valence electrons. The second-order valence-electron chi connectivity index (χ2n) is 7.83. The van der Waals surface area contributed by atoms with E-state index in [4.69, 9.17) is 23.4 Å². The van der Waals surface area contributed by atoms with Gasteiger partial charge < -0.3 is 54.0 Å². The molecule has 0 amide bonds. The maximum absolute atomic E-state index is 13.2. The average molecular weight is 476 g/mol. The highest BCUT2D eigenvalue weighted by molar-refractivity contribution is 5.89. The first-order valence-corrected chi connectivity index (χ1v) is 10.2. The molecule has 0 radical (unpaired) electrons. The lowest BCUT2D eigenvalue weighted by atomic mass is 9.99. The van der Waals surface area contributed by atoms with Crippen LogP contribution in [0.1, 0.15) is 0 Å². The summed E-state index contributed by atoms with van der Waals surface area (Å²) in [5.41, 5.74) is -0.657. The van der Waals surface area contributed by atoms with Crippen molar-refractivity contribution in [3.8, 4) is 39.9 Å². The van der Waals surface area contributed by atoms with Crippen molar-refractivity contribution in [2.45, 2.75) is 30.7 Å². The Morgan fingerprint density at radius 3 is 2.41 bits per heavy atom. The van der Waals surface area contributed by atoms with E-state index >= 15 is 0 Å². The fourth-order valence-electron chi connectivity index (χ4n) is 3.93. The van der Waals surface area contributed by atoms with E-state index in [1.165, 1.54) is 18.2 Å². The minimum Gasteiger partial charge on any atom is -0.508 e. The molecule has 0 saturated carbocycles. The van der Waals surface area contributed by atoms with Gasteiger partial charge in [0.1, 0.15) is 58.9 Å². The van der Waals surface area contributed by atoms with Crippen molar-refractivity contribution in [1.82, 2.24) is 0 Å². The van der Waals surface area contributed by atoms with Gasteiger partial charge in [-0.2, -0.15) is 0 Å². The maximum Gasteiger partial charge on any atom is 0.231 e. The Balaban J connectivity index is 1.62. The topological polar surface area (TPSA) is 189 Å². The van der Waals surface area contributed by atoms with E-state index in [9.17, 15) is 35.4 Å². The molecule has 1 aromatic heterocycles. The van der Waals surface area contributed by atoms with Crippen LogP contribution in [-0.2, 0) is 4.74 Å². The number of rotatable bonds is 4. The fraction of sp³-hybridized carbons (Fsp3) is 0.318. The predicted molar refractivity (Wildman–Crippen MR) is 112 cm³/mol. The summed E-state index contributed by atoms with van der Waals surface area (Å²) in [6, 6.07) is 4.97. The number of aliphatic hydroxyl groups excluding tert-OH is 4. The van der Waals surface area contributed by atoms with E-state index in [1.54, 1.807) is 0 Å². The number of hydrogen-bond acceptors (Lipinski definition) is 12. The molecule has 2 aromatic carbocycles. The van der Waals surface area contributed by atoms with Gasteiger partial charge in [-0.25, -0.2) is 0 Å². The lowest BCUT2D eigenvalue weighted by Crippen LogP contribution is -2.60. The van der Waals surface area contributed by atoms with Gasteiger partial charge in [0.05, 0.1) is 12.2 Å². The molecule has 3 heterocycles. The van der Waals surface area contributed by atoms with Gasteiger partial charge in [0.25, 0.3) is 0 Å². The van der Waals surface area contributed by atoms with Crippen molar-refractivity contribution in [2.75, 3.05) is 13.4 Å². The maximum atomic E-state index is 13.2. The van der Waals surface area contributed by atoms with Crippen LogP contribution in [-0.4, -0.2) is 74.7 Å². The number of benzene rings is 2. The average Bonchev–Trinajstić information content (AvgIpc) is 3.26. The van der Waals surface area contributed by atoms with E-state index < -0.39 is 48.5 Å². The zero-order valence-electron chi connectivity index (χ0n) is 17.3. The van der Waals surface area contributed by atoms with Crippen LogP contribution >= 0.6 is 0 Å². The molecule has 2 aliphatic rings. The molecule has 6 N–H and O–H groups in total. The van der Waals surface area contributed by atoms with Crippen LogP contribution in [0.25, 0.3) is 22.1 Å². The molecule has 0 unspecified atom stereocenters. The summed E-state index contributed by atoms with van der Waals surface area (Å²) in [5.74, 6) is -0.288. The third-order valence-electron chi connectivity index (χ3n) is 5.70. The number of fused-ring (bicyclic) bond motifs is 2. The summed E-state index contributed by atoms with van der Waals surface area (Å²) >= 11 is 0. The van der Waals surface area contributed by atoms with E-state index in [2.05, 4.69) is 0 Å². The van der Waals surface area contributed by atoms with E-state index in [0.717, 1.165) is 12.3 Å². The molecule has 3 aromatic rings. The summed E-state index contributed by atoms with van der Waals surface area (Å²) < 4.78 is 27.4. The molecule has 34 heavy (non-hydrogen) atoms. The van der Waals surface area contributed by atoms with Crippen molar-refractivity contribution in [3.63, 3.8) is 0 Å². The van der Waals surface area contributed by atoms with Crippen LogP contribution in [0.15, 0.2) is 39.7 Å². The molecule has 5 atom stereocenters. The standard InChI is InChI=1S/C22H20O12/c23-5-16-19(27)20(28)21(29)22(34-16)33-12-4-14-13(31-7-32-14)3-9(12)10-6-30-15-2-8(24)1-11(25)17(15)18(10)26/h1-4,6,16,19-25,27-29H,5,7H2/t16-,19-,20+,21-,22-/m1/s1. The van der Waals surface area contributed by atoms with Gasteiger partial charge in [0.15, 0.2) is 11.5 Å². The molecule has 2 aliphatic heterocycles. The van der Waals surface area contributed by atoms with Gasteiger partial charge >= 0.3 is 0 Å². The first-order chi connectivity index (χ1) is 16.3. The normalized spacial score (nSPS) is 26.1. The number of ether oxygens (including phenoxy) is 4. The largest absolute Gasteiger partial charge is 0.508 e. The summed E-state index contributed by atoms with van der Waals surface area (Å²) in [4.78, 5) is 13.2. The van der Waals surface area contributed by atoms with Gasteiger partial charge in [-0.15, -0.1) is 0 Å². The monoisotopic (exact) mass is 476 g/mol. The SMILES string of the molecule is O=c1c(-c2cc3c(cc2O[C@@H]2O[C@H](CO)[C@@H](O)[C@H](O)[C@H]2O)OCO3)coc2cc(O)cc(O)c12. The highest BCUT2D eigenvalue weighted by Crippen LogP contribution is 2.43. The minimum absolute atomic E-state index is 0.0431. The third kappa shape index (κ3) is 3.57. The summed E-state index contributed by atoms with van der Waals surface area (Å²) in [5, 5.41) is 59.5. The Bertz CT molecular complexity index is 1300. The molecule has 12 nitrogen and oxygen atoms in total. The molecule has 1 fully saturated rings. The van der Waals surface area contributed by atoms with Crippen molar-refractivity contribution in [3.05, 3.63) is 40.8 Å². The van der Waals surface area contributed by atoms with E-state index in [0.29, 0.717) is 0 Å². The number of hydrogen-bond donors (Lipinski definition) is 6. The molecular formula is C22H20O12. The Morgan fingerprint density at radius 2 is 1.68 bits per heavy atom. The number of aromatic hydroxyl groups is 2. The quantitative estimate of drug-likeness (QED) is 0.291. The number of phenolic OH excluding ortho intramolecular Hbond substituents is 2. The van der Waals surface area contributed by atoms with Crippen LogP contribution in [0.5, 0.6) is 28.7 Å². The summed E-state index contributed by atoms with van der Waals surface area (Å²) in [6.07, 6.45) is -6.60. The molecule has 0 bridgehead atoms. The van der Waals surface area contributed by atoms with Crippen LogP contribution in [0.2, 0.25) is 0 Å². The van der Waals surface area contributed by atoms with Gasteiger partial charge in [-0.3, -0.25) is 4.79 Å². The van der Waals surface area contributed by atoms with E-state index in [-0.39, 0.29) is 51.9 Å². The highest BCUT2D eigenvalue weighted by Gasteiger charge is 2.45. The van der Waals surface area contributed by atoms with Crippen LogP contribution in [0.4, 0.5) is 0 Å². The van der Waals surface area contributed by atoms with Crippen molar-refractivity contribution >= 4 is 11.0 Å². The molecular weight excluding hydrogens is 456 g/mol. The molecule has 5 rings (SSSR count). The van der Waals surface area contributed by atoms with Crippen LogP contribution < -0.4 is 19.6 Å². The van der Waals surface area contributed by atoms with Gasteiger partial charge in [-0.05, 0) is 6.07 Å². The van der Waals surface area contributed by atoms with Gasteiger partial charge in [-0.1, -0.05) is 0 Å². The second kappa shape index (κ2) is 8.34. The first kappa shape index (κ1) is 22.3. The number of phenols is 2. The Morgan fingerprint density at radius 1 is 0.941 bits per heavy atom. The second-order valence-corrected chi connectivity index (χ2v) is 7.83. The Kier molecular flexibility index (Phi) is 5.46. The lowest BCUT2D eigenvalue weighted by Gasteiger charge is -2.39. The van der Waals surface area contributed by atoms with Crippen molar-refractivity contribution in [1.29, 1.82) is 0 Å². The smallest absolute Gasteiger partial charge is 0.231 e. The van der Waals surface area contributed by atoms with Gasteiger partial charge in [0, 0.05) is 23.8 Å². The molecule has 0 aliphatic carbocycles. The first-order valence-electron chi connectivity index (χ1n) is 10.2. The summed E-state index contributed by atoms with van der Waals surface area (Å²) in [6.45, 7) is -0.746. The Hall–Kier alpha value is -3.55. The number of aliphatic hydroxyl groups is 4.